The first-order valence-electron chi connectivity index (χ1n) is 8.65. The fourth-order valence-electron chi connectivity index (χ4n) is 2.82. The number of carbonyl (C=O) groups is 3. The van der Waals surface area contributed by atoms with Crippen molar-refractivity contribution in [3.05, 3.63) is 29.8 Å². The highest BCUT2D eigenvalue weighted by Gasteiger charge is 2.34. The van der Waals surface area contributed by atoms with Crippen LogP contribution in [0.3, 0.4) is 0 Å². The Hall–Kier alpha value is -2.76. The van der Waals surface area contributed by atoms with Crippen LogP contribution >= 0.6 is 0 Å². The molecule has 0 spiro atoms. The van der Waals surface area contributed by atoms with E-state index in [2.05, 4.69) is 10.6 Å². The Morgan fingerprint density at radius 3 is 2.45 bits per heavy atom. The summed E-state index contributed by atoms with van der Waals surface area (Å²) in [6.45, 7) is -1.84. The van der Waals surface area contributed by atoms with Gasteiger partial charge in [0, 0.05) is 11.8 Å². The third kappa shape index (κ3) is 7.29. The minimum absolute atomic E-state index is 0.00379. The van der Waals surface area contributed by atoms with Crippen molar-refractivity contribution < 1.29 is 36.3 Å². The molecule has 1 saturated heterocycles. The molecule has 3 amide bonds. The maximum atomic E-state index is 13.1. The van der Waals surface area contributed by atoms with E-state index in [-0.39, 0.29) is 12.2 Å². The molecule has 3 N–H and O–H groups in total. The van der Waals surface area contributed by atoms with Crippen LogP contribution in [0, 0.1) is 11.6 Å². The topological polar surface area (TPSA) is 90.5 Å². The predicted molar refractivity (Wildman–Crippen MR) is 91.7 cm³/mol. The van der Waals surface area contributed by atoms with Crippen molar-refractivity contribution in [2.24, 2.45) is 0 Å². The van der Waals surface area contributed by atoms with Crippen molar-refractivity contribution in [3.8, 4) is 0 Å². The van der Waals surface area contributed by atoms with E-state index >= 15 is 0 Å². The summed E-state index contributed by atoms with van der Waals surface area (Å²) in [5, 5.41) is 6.37. The van der Waals surface area contributed by atoms with Crippen LogP contribution in [-0.2, 0) is 14.4 Å². The summed E-state index contributed by atoms with van der Waals surface area (Å²) in [7, 11) is 0. The summed E-state index contributed by atoms with van der Waals surface area (Å²) in [5.41, 5.74) is 0.00379. The quantitative estimate of drug-likeness (QED) is 0.576. The molecule has 1 atom stereocenters. The molecule has 0 bridgehead atoms. The zero-order valence-electron chi connectivity index (χ0n) is 15.1. The van der Waals surface area contributed by atoms with Crippen molar-refractivity contribution >= 4 is 23.4 Å². The molecule has 0 saturated carbocycles. The van der Waals surface area contributed by atoms with Crippen LogP contribution in [0.15, 0.2) is 18.2 Å². The van der Waals surface area contributed by atoms with Gasteiger partial charge in [-0.25, -0.2) is 8.78 Å². The zero-order valence-corrected chi connectivity index (χ0v) is 15.1. The highest BCUT2D eigenvalue weighted by atomic mass is 19.4. The van der Waals surface area contributed by atoms with E-state index < -0.39 is 54.7 Å². The zero-order chi connectivity index (χ0) is 21.6. The molecule has 12 heteroatoms. The third-order valence-electron chi connectivity index (χ3n) is 4.13. The minimum atomic E-state index is -4.53. The van der Waals surface area contributed by atoms with E-state index in [4.69, 9.17) is 0 Å². The van der Waals surface area contributed by atoms with Gasteiger partial charge in [0.25, 0.3) is 0 Å². The van der Waals surface area contributed by atoms with E-state index in [1.807, 2.05) is 0 Å². The fraction of sp³-hybridized carbons (Fsp3) is 0.471. The lowest BCUT2D eigenvalue weighted by molar-refractivity contribution is -0.141. The summed E-state index contributed by atoms with van der Waals surface area (Å²) >= 11 is 0. The summed E-state index contributed by atoms with van der Waals surface area (Å²) in [4.78, 5) is 37.1. The number of hydrogen-bond donors (Lipinski definition) is 3. The van der Waals surface area contributed by atoms with Gasteiger partial charge in [-0.3, -0.25) is 19.3 Å². The van der Waals surface area contributed by atoms with Crippen molar-refractivity contribution in [1.29, 1.82) is 0 Å². The molecular formula is C17H19F5N4O3. The van der Waals surface area contributed by atoms with E-state index in [1.165, 1.54) is 4.90 Å². The molecule has 0 radical (unpaired) electrons. The number of halogens is 5. The fourth-order valence-corrected chi connectivity index (χ4v) is 2.82. The van der Waals surface area contributed by atoms with E-state index in [1.54, 1.807) is 5.32 Å². The highest BCUT2D eigenvalue weighted by Crippen LogP contribution is 2.18. The van der Waals surface area contributed by atoms with Crippen LogP contribution in [0.2, 0.25) is 0 Å². The first-order valence-corrected chi connectivity index (χ1v) is 8.65. The van der Waals surface area contributed by atoms with Gasteiger partial charge in [0.05, 0.1) is 19.1 Å². The summed E-state index contributed by atoms with van der Waals surface area (Å²) in [5.74, 6) is -4.33. The SMILES string of the molecule is O=C(CN1CCCC1C(=O)NCC(F)(F)F)NCC(=O)Nc1ccc(F)c(F)c1. The Morgan fingerprint density at radius 2 is 1.79 bits per heavy atom. The Labute approximate surface area is 162 Å². The van der Waals surface area contributed by atoms with E-state index in [9.17, 15) is 36.3 Å². The van der Waals surface area contributed by atoms with Gasteiger partial charge in [-0.1, -0.05) is 0 Å². The first kappa shape index (κ1) is 22.5. The number of hydrogen-bond acceptors (Lipinski definition) is 4. The average Bonchev–Trinajstić information content (AvgIpc) is 3.08. The van der Waals surface area contributed by atoms with Gasteiger partial charge in [0.2, 0.25) is 17.7 Å². The maximum absolute atomic E-state index is 13.1. The second kappa shape index (κ2) is 9.63. The third-order valence-corrected chi connectivity index (χ3v) is 4.13. The molecule has 7 nitrogen and oxygen atoms in total. The van der Waals surface area contributed by atoms with Gasteiger partial charge in [0.1, 0.15) is 6.54 Å². The molecular weight excluding hydrogens is 403 g/mol. The van der Waals surface area contributed by atoms with Crippen molar-refractivity contribution in [3.63, 3.8) is 0 Å². The van der Waals surface area contributed by atoms with Crippen LogP contribution in [0.1, 0.15) is 12.8 Å². The van der Waals surface area contributed by atoms with Crippen LogP contribution in [0.4, 0.5) is 27.6 Å². The maximum Gasteiger partial charge on any atom is 0.405 e. The average molecular weight is 422 g/mol. The molecule has 0 aliphatic carbocycles. The number of alkyl halides is 3. The summed E-state index contributed by atoms with van der Waals surface area (Å²) in [6.07, 6.45) is -3.68. The van der Waals surface area contributed by atoms with E-state index in [0.717, 1.165) is 18.2 Å². The van der Waals surface area contributed by atoms with Gasteiger partial charge in [-0.2, -0.15) is 13.2 Å². The predicted octanol–water partition coefficient (Wildman–Crippen LogP) is 1.16. The van der Waals surface area contributed by atoms with Gasteiger partial charge in [0.15, 0.2) is 11.6 Å². The molecule has 1 fully saturated rings. The molecule has 1 heterocycles. The number of carbonyl (C=O) groups excluding carboxylic acids is 3. The van der Waals surface area contributed by atoms with Crippen molar-refractivity contribution in [2.75, 3.05) is 31.5 Å². The second-order valence-corrected chi connectivity index (χ2v) is 6.42. The highest BCUT2D eigenvalue weighted by molar-refractivity contribution is 5.94. The smallest absolute Gasteiger partial charge is 0.346 e. The molecule has 160 valence electrons. The molecule has 29 heavy (non-hydrogen) atoms. The second-order valence-electron chi connectivity index (χ2n) is 6.42. The van der Waals surface area contributed by atoms with Gasteiger partial charge in [-0.05, 0) is 31.5 Å². The number of benzene rings is 1. The Morgan fingerprint density at radius 1 is 1.07 bits per heavy atom. The monoisotopic (exact) mass is 422 g/mol. The standard InChI is InChI=1S/C17H19F5N4O3/c18-11-4-3-10(6-12(11)19)25-14(27)7-23-15(28)8-26-5-1-2-13(26)16(29)24-9-17(20,21)22/h3-4,6,13H,1-2,5,7-9H2,(H,23,28)(H,24,29)(H,25,27). The van der Waals surface area contributed by atoms with Crippen molar-refractivity contribution in [1.82, 2.24) is 15.5 Å². The van der Waals surface area contributed by atoms with E-state index in [0.29, 0.717) is 19.4 Å². The van der Waals surface area contributed by atoms with Crippen LogP contribution in [0.5, 0.6) is 0 Å². The minimum Gasteiger partial charge on any atom is -0.346 e. The number of rotatable bonds is 7. The lowest BCUT2D eigenvalue weighted by Gasteiger charge is -2.23. The summed E-state index contributed by atoms with van der Waals surface area (Å²) in [6, 6.07) is 1.90. The number of amides is 3. The van der Waals surface area contributed by atoms with Crippen LogP contribution in [0.25, 0.3) is 0 Å². The normalized spacial score (nSPS) is 17.1. The molecule has 1 aromatic carbocycles. The van der Waals surface area contributed by atoms with Crippen molar-refractivity contribution in [2.45, 2.75) is 25.1 Å². The van der Waals surface area contributed by atoms with Gasteiger partial charge < -0.3 is 16.0 Å². The molecule has 1 aliphatic heterocycles. The Bertz CT molecular complexity index is 772. The Kier molecular flexibility index (Phi) is 7.48. The number of likely N-dealkylation sites (tertiary alicyclic amines) is 1. The Balaban J connectivity index is 1.78. The first-order chi connectivity index (χ1) is 13.5. The van der Waals surface area contributed by atoms with Crippen LogP contribution < -0.4 is 16.0 Å². The molecule has 1 aliphatic rings. The number of nitrogens with zero attached hydrogens (tertiary/aromatic N) is 1. The molecule has 1 aromatic rings. The number of anilines is 1. The number of nitrogens with one attached hydrogen (secondary N) is 3. The summed E-state index contributed by atoms with van der Waals surface area (Å²) < 4.78 is 62.6. The molecule has 1 unspecified atom stereocenters. The van der Waals surface area contributed by atoms with Crippen LogP contribution in [-0.4, -0.2) is 61.0 Å². The molecule has 0 aromatic heterocycles. The largest absolute Gasteiger partial charge is 0.405 e. The lowest BCUT2D eigenvalue weighted by Crippen LogP contribution is -2.49. The van der Waals surface area contributed by atoms with Gasteiger partial charge in [-0.15, -0.1) is 0 Å². The lowest BCUT2D eigenvalue weighted by atomic mass is 10.2. The molecule has 2 rings (SSSR count). The van der Waals surface area contributed by atoms with Gasteiger partial charge >= 0.3 is 6.18 Å².